The number of hydrogen-bond donors (Lipinski definition) is 1. The fourth-order valence-corrected chi connectivity index (χ4v) is 3.30. The first-order valence-electron chi connectivity index (χ1n) is 4.13. The Morgan fingerprint density at radius 3 is 2.69 bits per heavy atom. The minimum absolute atomic E-state index is 0.228. The minimum atomic E-state index is -0.228. The Bertz CT molecular complexity index is 260. The molecule has 0 aromatic carbocycles. The molecule has 0 amide bonds. The van der Waals surface area contributed by atoms with Gasteiger partial charge in [-0.25, -0.2) is 0 Å². The Balaban J connectivity index is 2.35. The zero-order valence-corrected chi connectivity index (χ0v) is 10.9. The summed E-state index contributed by atoms with van der Waals surface area (Å²) >= 11 is 6.97. The van der Waals surface area contributed by atoms with Crippen molar-refractivity contribution >= 4 is 39.0 Å². The van der Waals surface area contributed by atoms with E-state index in [-0.39, 0.29) is 6.10 Å². The molecule has 13 heavy (non-hydrogen) atoms. The van der Waals surface area contributed by atoms with Gasteiger partial charge in [0.05, 0.1) is 9.89 Å². The lowest BCUT2D eigenvalue weighted by atomic mass is 10.3. The Kier molecular flexibility index (Phi) is 4.80. The summed E-state index contributed by atoms with van der Waals surface area (Å²) in [6, 6.07) is 4.18. The van der Waals surface area contributed by atoms with E-state index in [0.717, 1.165) is 5.75 Å². The number of thioether (sulfide) groups is 1. The average Bonchev–Trinajstić information content (AvgIpc) is 2.47. The topological polar surface area (TPSA) is 20.2 Å². The lowest BCUT2D eigenvalue weighted by Crippen LogP contribution is -2.15. The van der Waals surface area contributed by atoms with Crippen LogP contribution in [0.1, 0.15) is 18.7 Å². The van der Waals surface area contributed by atoms with Gasteiger partial charge in [-0.1, -0.05) is 6.92 Å². The van der Waals surface area contributed by atoms with Crippen molar-refractivity contribution in [1.29, 1.82) is 0 Å². The van der Waals surface area contributed by atoms with Crippen molar-refractivity contribution in [3.8, 4) is 0 Å². The molecule has 0 saturated heterocycles. The molecule has 1 N–H and O–H groups in total. The van der Waals surface area contributed by atoms with Crippen molar-refractivity contribution in [2.45, 2.75) is 31.0 Å². The monoisotopic (exact) mass is 280 g/mol. The first-order valence-corrected chi connectivity index (χ1v) is 6.79. The summed E-state index contributed by atoms with van der Waals surface area (Å²) in [5.74, 6) is 0.988. The van der Waals surface area contributed by atoms with Crippen molar-refractivity contribution in [3.63, 3.8) is 0 Å². The van der Waals surface area contributed by atoms with Crippen molar-refractivity contribution in [3.05, 3.63) is 20.8 Å². The van der Waals surface area contributed by atoms with E-state index in [1.54, 1.807) is 23.1 Å². The highest BCUT2D eigenvalue weighted by atomic mass is 79.9. The second-order valence-corrected chi connectivity index (χ2v) is 6.88. The molecule has 2 unspecified atom stereocenters. The predicted octanol–water partition coefficient (Wildman–Crippen LogP) is 3.51. The summed E-state index contributed by atoms with van der Waals surface area (Å²) in [6.07, 6.45) is -0.228. The number of rotatable bonds is 4. The van der Waals surface area contributed by atoms with Gasteiger partial charge in [0, 0.05) is 15.9 Å². The standard InChI is InChI=1S/C9H13BrOS2/c1-6(11)7(2)12-5-8-3-4-9(10)13-8/h3-4,6-7,11H,5H2,1-2H3. The zero-order valence-electron chi connectivity index (χ0n) is 7.66. The molecule has 1 aromatic rings. The second kappa shape index (κ2) is 5.39. The van der Waals surface area contributed by atoms with Crippen LogP contribution in [0.5, 0.6) is 0 Å². The number of hydrogen-bond acceptors (Lipinski definition) is 3. The van der Waals surface area contributed by atoms with Crippen LogP contribution in [0.3, 0.4) is 0 Å². The van der Waals surface area contributed by atoms with Gasteiger partial charge < -0.3 is 5.11 Å². The summed E-state index contributed by atoms with van der Waals surface area (Å²) in [7, 11) is 0. The SMILES string of the molecule is CC(O)C(C)SCc1ccc(Br)s1. The van der Waals surface area contributed by atoms with Crippen LogP contribution >= 0.6 is 39.0 Å². The molecule has 0 aliphatic carbocycles. The Morgan fingerprint density at radius 1 is 1.54 bits per heavy atom. The van der Waals surface area contributed by atoms with Crippen LogP contribution in [0.25, 0.3) is 0 Å². The number of thiophene rings is 1. The van der Waals surface area contributed by atoms with Gasteiger partial charge >= 0.3 is 0 Å². The number of halogens is 1. The summed E-state index contributed by atoms with van der Waals surface area (Å²) in [5.41, 5.74) is 0. The second-order valence-electron chi connectivity index (χ2n) is 2.96. The minimum Gasteiger partial charge on any atom is -0.392 e. The van der Waals surface area contributed by atoms with E-state index >= 15 is 0 Å². The van der Waals surface area contributed by atoms with E-state index < -0.39 is 0 Å². The van der Waals surface area contributed by atoms with Crippen LogP contribution in [0.4, 0.5) is 0 Å². The van der Waals surface area contributed by atoms with E-state index in [1.807, 2.05) is 6.92 Å². The largest absolute Gasteiger partial charge is 0.392 e. The van der Waals surface area contributed by atoms with Gasteiger partial charge in [0.1, 0.15) is 0 Å². The Labute approximate surface area is 95.7 Å². The summed E-state index contributed by atoms with van der Waals surface area (Å²) in [4.78, 5) is 1.35. The zero-order chi connectivity index (χ0) is 9.84. The van der Waals surface area contributed by atoms with Gasteiger partial charge in [-0.2, -0.15) is 11.8 Å². The maximum atomic E-state index is 9.28. The summed E-state index contributed by atoms with van der Waals surface area (Å²) in [5, 5.41) is 9.58. The van der Waals surface area contributed by atoms with Crippen LogP contribution in [0.2, 0.25) is 0 Å². The first-order chi connectivity index (χ1) is 6.09. The van der Waals surface area contributed by atoms with Crippen LogP contribution < -0.4 is 0 Å². The number of aliphatic hydroxyl groups is 1. The fourth-order valence-electron chi connectivity index (χ4n) is 0.782. The van der Waals surface area contributed by atoms with Gasteiger partial charge in [-0.3, -0.25) is 0 Å². The third kappa shape index (κ3) is 4.02. The highest BCUT2D eigenvalue weighted by molar-refractivity contribution is 9.11. The van der Waals surface area contributed by atoms with Crippen molar-refractivity contribution in [2.75, 3.05) is 0 Å². The van der Waals surface area contributed by atoms with Gasteiger partial charge in [-0.15, -0.1) is 11.3 Å². The van der Waals surface area contributed by atoms with Gasteiger partial charge in [0.25, 0.3) is 0 Å². The third-order valence-corrected chi connectivity index (χ3v) is 5.00. The van der Waals surface area contributed by atoms with Crippen LogP contribution in [0, 0.1) is 0 Å². The van der Waals surface area contributed by atoms with Crippen LogP contribution in [-0.4, -0.2) is 16.5 Å². The molecule has 0 radical (unpaired) electrons. The lowest BCUT2D eigenvalue weighted by Gasteiger charge is -2.12. The quantitative estimate of drug-likeness (QED) is 0.911. The summed E-state index contributed by atoms with van der Waals surface area (Å²) < 4.78 is 1.17. The molecular weight excluding hydrogens is 268 g/mol. The van der Waals surface area contributed by atoms with E-state index in [1.165, 1.54) is 8.66 Å². The highest BCUT2D eigenvalue weighted by Crippen LogP contribution is 2.27. The Morgan fingerprint density at radius 2 is 2.23 bits per heavy atom. The molecule has 0 aliphatic rings. The molecule has 0 fully saturated rings. The average molecular weight is 281 g/mol. The first kappa shape index (κ1) is 11.6. The molecule has 0 aliphatic heterocycles. The lowest BCUT2D eigenvalue weighted by molar-refractivity contribution is 0.196. The van der Waals surface area contributed by atoms with Crippen molar-refractivity contribution < 1.29 is 5.11 Å². The van der Waals surface area contributed by atoms with Crippen molar-refractivity contribution in [1.82, 2.24) is 0 Å². The normalized spacial score (nSPS) is 15.7. The van der Waals surface area contributed by atoms with E-state index in [9.17, 15) is 5.11 Å². The van der Waals surface area contributed by atoms with E-state index in [2.05, 4.69) is 35.0 Å². The molecule has 0 spiro atoms. The smallest absolute Gasteiger partial charge is 0.0701 e. The highest BCUT2D eigenvalue weighted by Gasteiger charge is 2.09. The molecule has 1 rings (SSSR count). The van der Waals surface area contributed by atoms with Gasteiger partial charge in [0.2, 0.25) is 0 Å². The predicted molar refractivity (Wildman–Crippen MR) is 64.5 cm³/mol. The van der Waals surface area contributed by atoms with Gasteiger partial charge in [0.15, 0.2) is 0 Å². The van der Waals surface area contributed by atoms with Gasteiger partial charge in [-0.05, 0) is 35.0 Å². The van der Waals surface area contributed by atoms with Crippen LogP contribution in [-0.2, 0) is 5.75 Å². The van der Waals surface area contributed by atoms with E-state index in [4.69, 9.17) is 0 Å². The fraction of sp³-hybridized carbons (Fsp3) is 0.556. The molecule has 1 nitrogen and oxygen atoms in total. The molecule has 1 heterocycles. The molecule has 4 heteroatoms. The molecule has 0 saturated carbocycles. The molecule has 2 atom stereocenters. The molecule has 74 valence electrons. The molecular formula is C9H13BrOS2. The third-order valence-electron chi connectivity index (χ3n) is 1.80. The molecule has 0 bridgehead atoms. The summed E-state index contributed by atoms with van der Waals surface area (Å²) in [6.45, 7) is 3.89. The maximum absolute atomic E-state index is 9.28. The molecule has 1 aromatic heterocycles. The van der Waals surface area contributed by atoms with Crippen LogP contribution in [0.15, 0.2) is 15.9 Å². The Hall–Kier alpha value is 0.490. The maximum Gasteiger partial charge on any atom is 0.0701 e. The van der Waals surface area contributed by atoms with Crippen molar-refractivity contribution in [2.24, 2.45) is 0 Å². The number of aliphatic hydroxyl groups excluding tert-OH is 1. The van der Waals surface area contributed by atoms with E-state index in [0.29, 0.717) is 5.25 Å².